The minimum absolute atomic E-state index is 0.0903. The van der Waals surface area contributed by atoms with Gasteiger partial charge in [0.05, 0.1) is 12.7 Å². The van der Waals surface area contributed by atoms with Gasteiger partial charge in [0.15, 0.2) is 0 Å². The van der Waals surface area contributed by atoms with Gasteiger partial charge in [-0.1, -0.05) is 13.3 Å². The van der Waals surface area contributed by atoms with E-state index in [0.29, 0.717) is 32.7 Å². The van der Waals surface area contributed by atoms with Crippen molar-refractivity contribution in [1.29, 1.82) is 5.26 Å². The highest BCUT2D eigenvalue weighted by Crippen LogP contribution is 2.10. The summed E-state index contributed by atoms with van der Waals surface area (Å²) >= 11 is 0. The molecule has 0 radical (unpaired) electrons. The summed E-state index contributed by atoms with van der Waals surface area (Å²) < 4.78 is 9.97. The number of ether oxygens (including phenoxy) is 2. The van der Waals surface area contributed by atoms with E-state index in [9.17, 15) is 4.79 Å². The van der Waals surface area contributed by atoms with E-state index in [2.05, 4.69) is 6.07 Å². The minimum atomic E-state index is -0.533. The third-order valence-electron chi connectivity index (χ3n) is 2.68. The van der Waals surface area contributed by atoms with Crippen molar-refractivity contribution >= 4 is 5.91 Å². The van der Waals surface area contributed by atoms with Crippen LogP contribution in [0.2, 0.25) is 0 Å². The van der Waals surface area contributed by atoms with Crippen LogP contribution in [0.5, 0.6) is 0 Å². The molecule has 0 aliphatic rings. The van der Waals surface area contributed by atoms with Crippen LogP contribution in [0, 0.1) is 17.2 Å². The average molecular weight is 256 g/mol. The number of carbonyl (C=O) groups excluding carboxylic acids is 1. The Hall–Kier alpha value is -1.12. The maximum absolute atomic E-state index is 12.2. The third kappa shape index (κ3) is 6.58. The summed E-state index contributed by atoms with van der Waals surface area (Å²) in [6, 6.07) is 2.09. The zero-order valence-electron chi connectivity index (χ0n) is 11.6. The second kappa shape index (κ2) is 11.0. The van der Waals surface area contributed by atoms with Crippen molar-refractivity contribution in [2.45, 2.75) is 26.2 Å². The summed E-state index contributed by atoms with van der Waals surface area (Å²) in [5.41, 5.74) is 0. The Bertz CT molecular complexity index is 263. The van der Waals surface area contributed by atoms with Crippen molar-refractivity contribution in [1.82, 2.24) is 4.90 Å². The lowest BCUT2D eigenvalue weighted by Gasteiger charge is -2.24. The van der Waals surface area contributed by atoms with Crippen LogP contribution in [0.15, 0.2) is 0 Å². The highest BCUT2D eigenvalue weighted by atomic mass is 16.5. The van der Waals surface area contributed by atoms with Crippen molar-refractivity contribution in [3.05, 3.63) is 0 Å². The van der Waals surface area contributed by atoms with Gasteiger partial charge in [0.2, 0.25) is 5.91 Å². The number of carbonyl (C=O) groups is 1. The zero-order valence-corrected chi connectivity index (χ0v) is 11.6. The average Bonchev–Trinajstić information content (AvgIpc) is 2.39. The van der Waals surface area contributed by atoms with Gasteiger partial charge < -0.3 is 14.4 Å². The Balaban J connectivity index is 4.41. The second-order valence-corrected chi connectivity index (χ2v) is 4.13. The van der Waals surface area contributed by atoms with E-state index in [0.717, 1.165) is 12.8 Å². The Morgan fingerprint density at radius 1 is 1.28 bits per heavy atom. The standard InChI is InChI=1S/C13H24N2O3/c1-4-6-12(11-14)13(16)15(8-10-18-3)7-5-9-17-2/h12H,4-10H2,1-3H3. The molecule has 0 saturated carbocycles. The first kappa shape index (κ1) is 16.9. The van der Waals surface area contributed by atoms with Crippen LogP contribution in [-0.4, -0.2) is 51.3 Å². The molecule has 0 aromatic carbocycles. The summed E-state index contributed by atoms with van der Waals surface area (Å²) in [6.45, 7) is 4.21. The van der Waals surface area contributed by atoms with E-state index in [1.54, 1.807) is 19.1 Å². The molecule has 0 heterocycles. The monoisotopic (exact) mass is 256 g/mol. The van der Waals surface area contributed by atoms with E-state index >= 15 is 0 Å². The van der Waals surface area contributed by atoms with Crippen molar-refractivity contribution in [3.8, 4) is 6.07 Å². The first-order valence-electron chi connectivity index (χ1n) is 6.37. The molecule has 0 aromatic rings. The topological polar surface area (TPSA) is 62.6 Å². The van der Waals surface area contributed by atoms with E-state index in [4.69, 9.17) is 14.7 Å². The molecule has 104 valence electrons. The Kier molecular flexibility index (Phi) is 10.3. The summed E-state index contributed by atoms with van der Waals surface area (Å²) in [5, 5.41) is 9.02. The molecule has 0 fully saturated rings. The molecule has 0 spiro atoms. The predicted octanol–water partition coefficient (Wildman–Crippen LogP) is 1.44. The van der Waals surface area contributed by atoms with Gasteiger partial charge in [-0.15, -0.1) is 0 Å². The molecule has 0 rings (SSSR count). The minimum Gasteiger partial charge on any atom is -0.385 e. The number of hydrogen-bond donors (Lipinski definition) is 0. The van der Waals surface area contributed by atoms with Crippen LogP contribution in [0.25, 0.3) is 0 Å². The fourth-order valence-electron chi connectivity index (χ4n) is 1.69. The number of nitriles is 1. The molecule has 1 amide bonds. The Morgan fingerprint density at radius 3 is 2.44 bits per heavy atom. The molecule has 0 aliphatic carbocycles. The summed E-state index contributed by atoms with van der Waals surface area (Å²) in [5.74, 6) is -0.623. The maximum Gasteiger partial charge on any atom is 0.240 e. The van der Waals surface area contributed by atoms with E-state index in [1.807, 2.05) is 6.92 Å². The van der Waals surface area contributed by atoms with Crippen LogP contribution in [0.4, 0.5) is 0 Å². The normalized spacial score (nSPS) is 11.9. The van der Waals surface area contributed by atoms with Crippen molar-refractivity contribution in [3.63, 3.8) is 0 Å². The molecule has 0 aromatic heterocycles. The lowest BCUT2D eigenvalue weighted by molar-refractivity contribution is -0.134. The largest absolute Gasteiger partial charge is 0.385 e. The van der Waals surface area contributed by atoms with Crippen LogP contribution in [0.3, 0.4) is 0 Å². The van der Waals surface area contributed by atoms with Gasteiger partial charge in [0.1, 0.15) is 5.92 Å². The van der Waals surface area contributed by atoms with Gasteiger partial charge in [0, 0.05) is 33.9 Å². The van der Waals surface area contributed by atoms with Gasteiger partial charge in [-0.3, -0.25) is 4.79 Å². The molecule has 5 heteroatoms. The van der Waals surface area contributed by atoms with E-state index in [-0.39, 0.29) is 5.91 Å². The van der Waals surface area contributed by atoms with Crippen molar-refractivity contribution in [2.75, 3.05) is 40.5 Å². The van der Waals surface area contributed by atoms with Crippen LogP contribution >= 0.6 is 0 Å². The van der Waals surface area contributed by atoms with Crippen molar-refractivity contribution < 1.29 is 14.3 Å². The van der Waals surface area contributed by atoms with Crippen LogP contribution in [0.1, 0.15) is 26.2 Å². The summed E-state index contributed by atoms with van der Waals surface area (Å²) in [7, 11) is 3.24. The molecule has 0 N–H and O–H groups in total. The molecule has 0 saturated heterocycles. The van der Waals surface area contributed by atoms with Gasteiger partial charge in [0.25, 0.3) is 0 Å². The van der Waals surface area contributed by atoms with Crippen molar-refractivity contribution in [2.24, 2.45) is 5.92 Å². The molecule has 18 heavy (non-hydrogen) atoms. The molecule has 1 unspecified atom stereocenters. The SMILES string of the molecule is CCCC(C#N)C(=O)N(CCCOC)CCOC. The van der Waals surface area contributed by atoms with Crippen LogP contribution < -0.4 is 0 Å². The fraction of sp³-hybridized carbons (Fsp3) is 0.846. The third-order valence-corrected chi connectivity index (χ3v) is 2.68. The first-order valence-corrected chi connectivity index (χ1v) is 6.37. The first-order chi connectivity index (χ1) is 8.71. The number of methoxy groups -OCH3 is 2. The highest BCUT2D eigenvalue weighted by Gasteiger charge is 2.22. The smallest absolute Gasteiger partial charge is 0.240 e. The number of hydrogen-bond acceptors (Lipinski definition) is 4. The van der Waals surface area contributed by atoms with Gasteiger partial charge in [-0.25, -0.2) is 0 Å². The molecule has 5 nitrogen and oxygen atoms in total. The quantitative estimate of drug-likeness (QED) is 0.555. The van der Waals surface area contributed by atoms with Gasteiger partial charge in [-0.2, -0.15) is 5.26 Å². The number of nitrogens with zero attached hydrogens (tertiary/aromatic N) is 2. The molecular formula is C13H24N2O3. The van der Waals surface area contributed by atoms with E-state index < -0.39 is 5.92 Å². The van der Waals surface area contributed by atoms with Crippen LogP contribution in [-0.2, 0) is 14.3 Å². The number of rotatable bonds is 10. The fourth-order valence-corrected chi connectivity index (χ4v) is 1.69. The molecular weight excluding hydrogens is 232 g/mol. The van der Waals surface area contributed by atoms with Gasteiger partial charge >= 0.3 is 0 Å². The number of amides is 1. The Labute approximate surface area is 110 Å². The Morgan fingerprint density at radius 2 is 1.94 bits per heavy atom. The molecule has 0 aliphatic heterocycles. The zero-order chi connectivity index (χ0) is 13.8. The lowest BCUT2D eigenvalue weighted by Crippen LogP contribution is -2.39. The van der Waals surface area contributed by atoms with E-state index in [1.165, 1.54) is 0 Å². The molecule has 0 bridgehead atoms. The predicted molar refractivity (Wildman–Crippen MR) is 69.0 cm³/mol. The highest BCUT2D eigenvalue weighted by molar-refractivity contribution is 5.81. The maximum atomic E-state index is 12.2. The molecule has 1 atom stereocenters. The summed E-state index contributed by atoms with van der Waals surface area (Å²) in [4.78, 5) is 13.9. The summed E-state index contributed by atoms with van der Waals surface area (Å²) in [6.07, 6.45) is 2.22. The second-order valence-electron chi connectivity index (χ2n) is 4.13. The lowest BCUT2D eigenvalue weighted by atomic mass is 10.0. The van der Waals surface area contributed by atoms with Gasteiger partial charge in [-0.05, 0) is 12.8 Å².